The van der Waals surface area contributed by atoms with Crippen LogP contribution in [0.4, 0.5) is 0 Å². The van der Waals surface area contributed by atoms with Crippen molar-refractivity contribution in [1.29, 1.82) is 0 Å². The fraction of sp³-hybridized carbons (Fsp3) is 0.368. The van der Waals surface area contributed by atoms with Crippen LogP contribution in [-0.4, -0.2) is 32.6 Å². The molecule has 0 fully saturated rings. The summed E-state index contributed by atoms with van der Waals surface area (Å²) in [5.74, 6) is 0.333. The molecule has 0 aromatic heterocycles. The first kappa shape index (κ1) is 17.3. The molecule has 2 atom stereocenters. The van der Waals surface area contributed by atoms with Crippen LogP contribution in [0.1, 0.15) is 36.1 Å². The van der Waals surface area contributed by atoms with Gasteiger partial charge in [0.05, 0.1) is 12.2 Å². The summed E-state index contributed by atoms with van der Waals surface area (Å²) in [6, 6.07) is 10.5. The van der Waals surface area contributed by atoms with Crippen LogP contribution in [0.25, 0.3) is 0 Å². The Morgan fingerprint density at radius 2 is 1.13 bits per heavy atom. The summed E-state index contributed by atoms with van der Waals surface area (Å²) >= 11 is 0. The van der Waals surface area contributed by atoms with Gasteiger partial charge in [0, 0.05) is 6.42 Å². The number of hydrogen-bond donors (Lipinski definition) is 4. The predicted molar refractivity (Wildman–Crippen MR) is 89.8 cm³/mol. The van der Waals surface area contributed by atoms with E-state index in [0.29, 0.717) is 30.4 Å². The first-order chi connectivity index (χ1) is 10.8. The monoisotopic (exact) mass is 316 g/mol. The van der Waals surface area contributed by atoms with E-state index in [4.69, 9.17) is 0 Å². The SMILES string of the molecule is CC(O)Cc1ccc(O)c(Cc2cc(CC(C)O)ccc2O)c1. The van der Waals surface area contributed by atoms with Crippen LogP contribution < -0.4 is 0 Å². The lowest BCUT2D eigenvalue weighted by Crippen LogP contribution is -2.05. The predicted octanol–water partition coefficient (Wildman–Crippen LogP) is 2.54. The Morgan fingerprint density at radius 1 is 0.739 bits per heavy atom. The quantitative estimate of drug-likeness (QED) is 0.660. The highest BCUT2D eigenvalue weighted by molar-refractivity contribution is 5.44. The molecule has 0 amide bonds. The summed E-state index contributed by atoms with van der Waals surface area (Å²) in [5.41, 5.74) is 3.28. The number of benzene rings is 2. The molecule has 4 nitrogen and oxygen atoms in total. The van der Waals surface area contributed by atoms with Crippen molar-refractivity contribution in [2.24, 2.45) is 0 Å². The molecular weight excluding hydrogens is 292 g/mol. The molecule has 4 N–H and O–H groups in total. The molecule has 0 aliphatic rings. The van der Waals surface area contributed by atoms with Crippen LogP contribution >= 0.6 is 0 Å². The molecule has 0 saturated carbocycles. The second-order valence-corrected chi connectivity index (χ2v) is 6.21. The van der Waals surface area contributed by atoms with Crippen LogP contribution in [0, 0.1) is 0 Å². The zero-order valence-corrected chi connectivity index (χ0v) is 13.5. The van der Waals surface area contributed by atoms with E-state index in [2.05, 4.69) is 0 Å². The van der Waals surface area contributed by atoms with Gasteiger partial charge in [-0.05, 0) is 61.1 Å². The van der Waals surface area contributed by atoms with E-state index in [1.807, 2.05) is 12.1 Å². The van der Waals surface area contributed by atoms with Gasteiger partial charge in [0.25, 0.3) is 0 Å². The molecule has 2 aromatic rings. The molecule has 0 saturated heterocycles. The third kappa shape index (κ3) is 4.98. The van der Waals surface area contributed by atoms with Crippen LogP contribution in [0.5, 0.6) is 11.5 Å². The number of phenolic OH excluding ortho intramolecular Hbond substituents is 2. The molecule has 23 heavy (non-hydrogen) atoms. The smallest absolute Gasteiger partial charge is 0.119 e. The molecule has 4 heteroatoms. The van der Waals surface area contributed by atoms with Crippen LogP contribution in [0.2, 0.25) is 0 Å². The van der Waals surface area contributed by atoms with E-state index in [1.54, 1.807) is 38.1 Å². The number of aromatic hydroxyl groups is 2. The number of rotatable bonds is 6. The fourth-order valence-electron chi connectivity index (χ4n) is 2.70. The van der Waals surface area contributed by atoms with Gasteiger partial charge in [0.1, 0.15) is 11.5 Å². The minimum Gasteiger partial charge on any atom is -0.508 e. The maximum Gasteiger partial charge on any atom is 0.119 e. The number of phenols is 2. The first-order valence-electron chi connectivity index (χ1n) is 7.83. The Hall–Kier alpha value is -2.04. The van der Waals surface area contributed by atoms with Crippen LogP contribution in [0.15, 0.2) is 36.4 Å². The number of aliphatic hydroxyl groups excluding tert-OH is 2. The van der Waals surface area contributed by atoms with Gasteiger partial charge in [-0.3, -0.25) is 0 Å². The van der Waals surface area contributed by atoms with Gasteiger partial charge in [-0.2, -0.15) is 0 Å². The normalized spacial score (nSPS) is 13.7. The summed E-state index contributed by atoms with van der Waals surface area (Å²) in [7, 11) is 0. The standard InChI is InChI=1S/C19H24O4/c1-12(20)7-14-3-5-18(22)16(9-14)11-17-10-15(8-13(2)21)4-6-19(17)23/h3-6,9-10,12-13,20-23H,7-8,11H2,1-2H3. The molecule has 2 aromatic carbocycles. The largest absolute Gasteiger partial charge is 0.508 e. The third-order valence-corrected chi connectivity index (χ3v) is 3.73. The Labute approximate surface area is 136 Å². The minimum atomic E-state index is -0.449. The molecule has 0 spiro atoms. The van der Waals surface area contributed by atoms with Gasteiger partial charge < -0.3 is 20.4 Å². The minimum absolute atomic E-state index is 0.166. The molecule has 0 radical (unpaired) electrons. The van der Waals surface area contributed by atoms with E-state index in [1.165, 1.54) is 0 Å². The zero-order valence-electron chi connectivity index (χ0n) is 13.5. The summed E-state index contributed by atoms with van der Waals surface area (Å²) in [6.45, 7) is 3.44. The van der Waals surface area contributed by atoms with Crippen molar-refractivity contribution in [1.82, 2.24) is 0 Å². The van der Waals surface area contributed by atoms with Crippen LogP contribution in [-0.2, 0) is 19.3 Å². The average molecular weight is 316 g/mol. The lowest BCUT2D eigenvalue weighted by molar-refractivity contribution is 0.195. The van der Waals surface area contributed by atoms with Crippen molar-refractivity contribution in [2.45, 2.75) is 45.3 Å². The van der Waals surface area contributed by atoms with E-state index in [9.17, 15) is 20.4 Å². The lowest BCUT2D eigenvalue weighted by atomic mass is 9.97. The Balaban J connectivity index is 2.27. The van der Waals surface area contributed by atoms with Gasteiger partial charge in [-0.25, -0.2) is 0 Å². The van der Waals surface area contributed by atoms with E-state index in [-0.39, 0.29) is 11.5 Å². The molecular formula is C19H24O4. The summed E-state index contributed by atoms with van der Waals surface area (Å²) < 4.78 is 0. The van der Waals surface area contributed by atoms with Gasteiger partial charge in [0.15, 0.2) is 0 Å². The summed E-state index contributed by atoms with van der Waals surface area (Å²) in [4.78, 5) is 0. The molecule has 2 rings (SSSR count). The van der Waals surface area contributed by atoms with Crippen molar-refractivity contribution < 1.29 is 20.4 Å². The highest BCUT2D eigenvalue weighted by atomic mass is 16.3. The highest BCUT2D eigenvalue weighted by Crippen LogP contribution is 2.27. The molecule has 0 aliphatic carbocycles. The van der Waals surface area contributed by atoms with Crippen molar-refractivity contribution in [2.75, 3.05) is 0 Å². The van der Waals surface area contributed by atoms with Gasteiger partial charge in [-0.1, -0.05) is 24.3 Å². The van der Waals surface area contributed by atoms with Gasteiger partial charge in [-0.15, -0.1) is 0 Å². The maximum atomic E-state index is 10.1. The number of aliphatic hydroxyl groups is 2. The first-order valence-corrected chi connectivity index (χ1v) is 7.83. The van der Waals surface area contributed by atoms with Crippen LogP contribution in [0.3, 0.4) is 0 Å². The second kappa shape index (κ2) is 7.49. The zero-order chi connectivity index (χ0) is 17.0. The molecule has 0 heterocycles. The van der Waals surface area contributed by atoms with Crippen molar-refractivity contribution in [3.05, 3.63) is 58.7 Å². The van der Waals surface area contributed by atoms with E-state index >= 15 is 0 Å². The second-order valence-electron chi connectivity index (χ2n) is 6.21. The topological polar surface area (TPSA) is 80.9 Å². The van der Waals surface area contributed by atoms with E-state index < -0.39 is 12.2 Å². The van der Waals surface area contributed by atoms with Crippen molar-refractivity contribution in [3.63, 3.8) is 0 Å². The molecule has 0 bridgehead atoms. The molecule has 124 valence electrons. The lowest BCUT2D eigenvalue weighted by Gasteiger charge is -2.12. The Kier molecular flexibility index (Phi) is 5.64. The number of hydrogen-bond acceptors (Lipinski definition) is 4. The molecule has 2 unspecified atom stereocenters. The highest BCUT2D eigenvalue weighted by Gasteiger charge is 2.10. The average Bonchev–Trinajstić information content (AvgIpc) is 2.45. The van der Waals surface area contributed by atoms with E-state index in [0.717, 1.165) is 11.1 Å². The fourth-order valence-corrected chi connectivity index (χ4v) is 2.70. The third-order valence-electron chi connectivity index (χ3n) is 3.73. The maximum absolute atomic E-state index is 10.1. The summed E-state index contributed by atoms with van der Waals surface area (Å²) in [6.07, 6.45) is 0.520. The Bertz CT molecular complexity index is 605. The van der Waals surface area contributed by atoms with Gasteiger partial charge in [0.2, 0.25) is 0 Å². The van der Waals surface area contributed by atoms with Gasteiger partial charge >= 0.3 is 0 Å². The Morgan fingerprint density at radius 3 is 1.48 bits per heavy atom. The summed E-state index contributed by atoms with van der Waals surface area (Å²) in [5, 5.41) is 39.1. The van der Waals surface area contributed by atoms with Crippen molar-refractivity contribution >= 4 is 0 Å². The van der Waals surface area contributed by atoms with Crippen molar-refractivity contribution in [3.8, 4) is 11.5 Å². The molecule has 0 aliphatic heterocycles.